The van der Waals surface area contributed by atoms with Gasteiger partial charge in [0.15, 0.2) is 0 Å². The van der Waals surface area contributed by atoms with Crippen molar-refractivity contribution in [2.24, 2.45) is 5.73 Å². The molecule has 0 aliphatic rings. The lowest BCUT2D eigenvalue weighted by Crippen LogP contribution is -2.05. The van der Waals surface area contributed by atoms with Gasteiger partial charge in [-0.2, -0.15) is 0 Å². The number of allylic oxidation sites excluding steroid dienone is 3. The molecule has 0 fully saturated rings. The van der Waals surface area contributed by atoms with E-state index in [0.717, 1.165) is 16.7 Å². The first-order chi connectivity index (χ1) is 9.50. The van der Waals surface area contributed by atoms with Gasteiger partial charge in [0.25, 0.3) is 0 Å². The minimum atomic E-state index is 0. The Morgan fingerprint density at radius 2 is 1.85 bits per heavy atom. The van der Waals surface area contributed by atoms with E-state index < -0.39 is 0 Å². The van der Waals surface area contributed by atoms with Crippen molar-refractivity contribution in [3.05, 3.63) is 65.3 Å². The summed E-state index contributed by atoms with van der Waals surface area (Å²) >= 11 is 0. The third kappa shape index (κ3) is 6.78. The van der Waals surface area contributed by atoms with Crippen LogP contribution in [0.5, 0.6) is 0 Å². The fourth-order valence-corrected chi connectivity index (χ4v) is 1.31. The summed E-state index contributed by atoms with van der Waals surface area (Å²) in [7, 11) is 0. The van der Waals surface area contributed by atoms with E-state index in [2.05, 4.69) is 11.6 Å². The standard InChI is InChI=1S/C15H20N2O.C2H6.H2/c1-11(2)9-14(15(16)12(3)4)18-10-13-5-7-17-8-6-13;1-2;/h5-9H,3,10,16H2,1-2,4H3;1-2H3;1H/b15-14-;;. The van der Waals surface area contributed by atoms with Crippen LogP contribution < -0.4 is 5.73 Å². The van der Waals surface area contributed by atoms with Crippen LogP contribution in [0.15, 0.2) is 59.8 Å². The molecule has 1 aromatic rings. The molecule has 1 rings (SSSR count). The van der Waals surface area contributed by atoms with Crippen LogP contribution in [0.3, 0.4) is 0 Å². The first-order valence-corrected chi connectivity index (χ1v) is 6.83. The van der Waals surface area contributed by atoms with Gasteiger partial charge in [0.1, 0.15) is 12.4 Å². The second kappa shape index (κ2) is 9.84. The van der Waals surface area contributed by atoms with Crippen molar-refractivity contribution >= 4 is 0 Å². The van der Waals surface area contributed by atoms with Gasteiger partial charge in [0.05, 0.1) is 5.70 Å². The first kappa shape index (κ1) is 18.0. The lowest BCUT2D eigenvalue weighted by Gasteiger charge is -2.11. The van der Waals surface area contributed by atoms with Crippen LogP contribution in [0, 0.1) is 0 Å². The lowest BCUT2D eigenvalue weighted by molar-refractivity contribution is 0.207. The maximum atomic E-state index is 5.97. The maximum Gasteiger partial charge on any atom is 0.142 e. The largest absolute Gasteiger partial charge is 0.487 e. The van der Waals surface area contributed by atoms with Crippen LogP contribution in [0.25, 0.3) is 0 Å². The lowest BCUT2D eigenvalue weighted by atomic mass is 10.2. The zero-order valence-electron chi connectivity index (χ0n) is 13.2. The monoisotopic (exact) mass is 276 g/mol. The summed E-state index contributed by atoms with van der Waals surface area (Å²) in [5, 5.41) is 0. The molecule has 0 aliphatic heterocycles. The molecular formula is C17H28N2O. The van der Waals surface area contributed by atoms with Crippen molar-refractivity contribution in [1.29, 1.82) is 0 Å². The van der Waals surface area contributed by atoms with Gasteiger partial charge >= 0.3 is 0 Å². The summed E-state index contributed by atoms with van der Waals surface area (Å²) in [6, 6.07) is 3.83. The Hall–Kier alpha value is -2.03. The van der Waals surface area contributed by atoms with Gasteiger partial charge in [-0.15, -0.1) is 0 Å². The highest BCUT2D eigenvalue weighted by molar-refractivity contribution is 5.33. The van der Waals surface area contributed by atoms with Crippen LogP contribution in [0.4, 0.5) is 0 Å². The van der Waals surface area contributed by atoms with Gasteiger partial charge in [0, 0.05) is 13.8 Å². The topological polar surface area (TPSA) is 48.1 Å². The minimum absolute atomic E-state index is 0. The number of ether oxygens (including phenoxy) is 1. The summed E-state index contributed by atoms with van der Waals surface area (Å²) in [6.07, 6.45) is 5.40. The maximum absolute atomic E-state index is 5.97. The zero-order valence-corrected chi connectivity index (χ0v) is 13.2. The fourth-order valence-electron chi connectivity index (χ4n) is 1.31. The molecule has 3 heteroatoms. The summed E-state index contributed by atoms with van der Waals surface area (Å²) in [5.41, 5.74) is 9.55. The van der Waals surface area contributed by atoms with E-state index in [1.54, 1.807) is 12.4 Å². The molecule has 0 aromatic carbocycles. The van der Waals surface area contributed by atoms with Gasteiger partial charge in [-0.05, 0) is 50.1 Å². The molecule has 0 spiro atoms. The number of hydrogen-bond donors (Lipinski definition) is 1. The molecule has 0 aliphatic carbocycles. The third-order valence-electron chi connectivity index (χ3n) is 2.29. The summed E-state index contributed by atoms with van der Waals surface area (Å²) in [4.78, 5) is 3.97. The molecule has 112 valence electrons. The number of aromatic nitrogens is 1. The summed E-state index contributed by atoms with van der Waals surface area (Å²) in [6.45, 7) is 14.2. The SMILES string of the molecule is C=C(C)/C(N)=C(\C=C(C)C)OCc1ccncc1.CC.[HH]. The normalized spacial score (nSPS) is 10.7. The van der Waals surface area contributed by atoms with Crippen LogP contribution in [0.2, 0.25) is 0 Å². The fraction of sp³-hybridized carbons (Fsp3) is 0.353. The molecular weight excluding hydrogens is 248 g/mol. The van der Waals surface area contributed by atoms with Gasteiger partial charge in [0.2, 0.25) is 0 Å². The highest BCUT2D eigenvalue weighted by Crippen LogP contribution is 2.14. The molecule has 0 saturated heterocycles. The van der Waals surface area contributed by atoms with E-state index in [1.807, 2.05) is 52.8 Å². The van der Waals surface area contributed by atoms with Crippen molar-refractivity contribution < 1.29 is 6.16 Å². The third-order valence-corrected chi connectivity index (χ3v) is 2.29. The van der Waals surface area contributed by atoms with E-state index >= 15 is 0 Å². The molecule has 1 heterocycles. The van der Waals surface area contributed by atoms with Gasteiger partial charge < -0.3 is 10.5 Å². The Kier molecular flexibility index (Phi) is 8.84. The molecule has 1 aromatic heterocycles. The highest BCUT2D eigenvalue weighted by atomic mass is 16.5. The average molecular weight is 276 g/mol. The van der Waals surface area contributed by atoms with Crippen LogP contribution in [-0.2, 0) is 11.3 Å². The summed E-state index contributed by atoms with van der Waals surface area (Å²) in [5.74, 6) is 0.666. The smallest absolute Gasteiger partial charge is 0.142 e. The van der Waals surface area contributed by atoms with Gasteiger partial charge in [-0.25, -0.2) is 0 Å². The van der Waals surface area contributed by atoms with E-state index in [9.17, 15) is 0 Å². The van der Waals surface area contributed by atoms with E-state index in [4.69, 9.17) is 10.5 Å². The van der Waals surface area contributed by atoms with Gasteiger partial charge in [-0.3, -0.25) is 4.98 Å². The van der Waals surface area contributed by atoms with Crippen molar-refractivity contribution in [2.45, 2.75) is 41.2 Å². The molecule has 20 heavy (non-hydrogen) atoms. The molecule has 3 nitrogen and oxygen atoms in total. The minimum Gasteiger partial charge on any atom is -0.487 e. The zero-order chi connectivity index (χ0) is 15.5. The molecule has 0 amide bonds. The summed E-state index contributed by atoms with van der Waals surface area (Å²) < 4.78 is 5.75. The molecule has 0 bridgehead atoms. The highest BCUT2D eigenvalue weighted by Gasteiger charge is 2.04. The molecule has 0 radical (unpaired) electrons. The molecule has 0 saturated carbocycles. The Bertz CT molecular complexity index is 475. The Balaban J connectivity index is 0. The number of pyridine rings is 1. The number of rotatable bonds is 5. The molecule has 0 atom stereocenters. The average Bonchev–Trinajstić information content (AvgIpc) is 2.45. The predicted molar refractivity (Wildman–Crippen MR) is 87.9 cm³/mol. The van der Waals surface area contributed by atoms with Crippen LogP contribution in [0.1, 0.15) is 41.6 Å². The van der Waals surface area contributed by atoms with Crippen LogP contribution >= 0.6 is 0 Å². The molecule has 0 unspecified atom stereocenters. The quantitative estimate of drug-likeness (QED) is 0.632. The number of nitrogens with zero attached hydrogens (tertiary/aromatic N) is 1. The van der Waals surface area contributed by atoms with E-state index in [-0.39, 0.29) is 1.43 Å². The second-order valence-corrected chi connectivity index (χ2v) is 4.42. The number of hydrogen-bond acceptors (Lipinski definition) is 3. The Morgan fingerprint density at radius 3 is 2.30 bits per heavy atom. The second-order valence-electron chi connectivity index (χ2n) is 4.42. The van der Waals surface area contributed by atoms with Crippen molar-refractivity contribution in [3.8, 4) is 0 Å². The van der Waals surface area contributed by atoms with Crippen molar-refractivity contribution in [3.63, 3.8) is 0 Å². The Labute approximate surface area is 124 Å². The first-order valence-electron chi connectivity index (χ1n) is 6.83. The molecule has 2 N–H and O–H groups in total. The van der Waals surface area contributed by atoms with E-state index in [1.165, 1.54) is 0 Å². The Morgan fingerprint density at radius 1 is 1.30 bits per heavy atom. The number of nitrogens with two attached hydrogens (primary N) is 1. The van der Waals surface area contributed by atoms with Crippen LogP contribution in [-0.4, -0.2) is 4.98 Å². The predicted octanol–water partition coefficient (Wildman–Crippen LogP) is 4.58. The van der Waals surface area contributed by atoms with Gasteiger partial charge in [-0.1, -0.05) is 26.0 Å². The van der Waals surface area contributed by atoms with E-state index in [0.29, 0.717) is 18.1 Å². The van der Waals surface area contributed by atoms with Crippen molar-refractivity contribution in [2.75, 3.05) is 0 Å². The van der Waals surface area contributed by atoms with Crippen molar-refractivity contribution in [1.82, 2.24) is 4.98 Å².